The first-order valence-electron chi connectivity index (χ1n) is 10.6. The molecule has 6 atom stereocenters. The zero-order valence-corrected chi connectivity index (χ0v) is 18.2. The van der Waals surface area contributed by atoms with E-state index in [4.69, 9.17) is 4.74 Å². The lowest BCUT2D eigenvalue weighted by molar-refractivity contribution is -0.184. The second-order valence-electron chi connectivity index (χ2n) is 9.84. The van der Waals surface area contributed by atoms with Gasteiger partial charge in [-0.2, -0.15) is 0 Å². The van der Waals surface area contributed by atoms with Crippen molar-refractivity contribution >= 4 is 11.8 Å². The monoisotopic (exact) mass is 394 g/mol. The van der Waals surface area contributed by atoms with Crippen LogP contribution >= 0.6 is 0 Å². The van der Waals surface area contributed by atoms with Crippen LogP contribution in [0.5, 0.6) is 0 Å². The minimum Gasteiger partial charge on any atom is -0.460 e. The number of unbranched alkanes of at least 4 members (excludes halogenated alkanes) is 1. The van der Waals surface area contributed by atoms with Gasteiger partial charge < -0.3 is 14.9 Å². The maximum Gasteiger partial charge on any atom is 0.332 e. The van der Waals surface area contributed by atoms with Crippen LogP contribution in [0.1, 0.15) is 73.1 Å². The number of aliphatic hydroxyl groups excluding tert-OH is 2. The summed E-state index contributed by atoms with van der Waals surface area (Å²) in [6.07, 6.45) is 4.98. The molecular weight excluding hydrogens is 356 g/mol. The van der Waals surface area contributed by atoms with Gasteiger partial charge in [-0.05, 0) is 30.6 Å². The van der Waals surface area contributed by atoms with Gasteiger partial charge in [0.25, 0.3) is 0 Å². The lowest BCUT2D eigenvalue weighted by Gasteiger charge is -2.56. The molecule has 2 unspecified atom stereocenters. The molecule has 5 heteroatoms. The Morgan fingerprint density at radius 3 is 2.54 bits per heavy atom. The molecule has 0 saturated heterocycles. The Hall–Kier alpha value is -1.20. The van der Waals surface area contributed by atoms with Gasteiger partial charge in [-0.25, -0.2) is 4.79 Å². The average Bonchev–Trinajstić information content (AvgIpc) is 3.01. The van der Waals surface area contributed by atoms with Gasteiger partial charge in [0, 0.05) is 23.2 Å². The highest BCUT2D eigenvalue weighted by molar-refractivity contribution is 5.85. The largest absolute Gasteiger partial charge is 0.460 e. The number of fused-ring (bicyclic) bond motifs is 1. The number of aliphatic hydroxyl groups is 2. The number of esters is 1. The van der Waals surface area contributed by atoms with Gasteiger partial charge in [-0.15, -0.1) is 6.58 Å². The Morgan fingerprint density at radius 1 is 1.36 bits per heavy atom. The van der Waals surface area contributed by atoms with Crippen molar-refractivity contribution in [2.24, 2.45) is 28.1 Å². The van der Waals surface area contributed by atoms with Gasteiger partial charge in [0.05, 0.1) is 6.10 Å². The van der Waals surface area contributed by atoms with Crippen molar-refractivity contribution in [3.8, 4) is 0 Å². The minimum atomic E-state index is -0.698. The molecule has 0 aliphatic heterocycles. The fourth-order valence-electron chi connectivity index (χ4n) is 6.06. The highest BCUT2D eigenvalue weighted by Gasteiger charge is 2.63. The van der Waals surface area contributed by atoms with Gasteiger partial charge in [0.1, 0.15) is 18.5 Å². The fourth-order valence-corrected chi connectivity index (χ4v) is 6.06. The number of Topliss-reactive ketones (excluding diaryl/α,β-unsaturated/α-hetero) is 1. The molecule has 2 saturated carbocycles. The highest BCUT2D eigenvalue weighted by atomic mass is 16.6. The van der Waals surface area contributed by atoms with Gasteiger partial charge in [-0.1, -0.05) is 53.5 Å². The van der Waals surface area contributed by atoms with Crippen LogP contribution in [0.25, 0.3) is 0 Å². The van der Waals surface area contributed by atoms with Crippen molar-refractivity contribution in [3.63, 3.8) is 0 Å². The number of hydrogen-bond donors (Lipinski definition) is 2. The Labute approximate surface area is 169 Å². The molecule has 2 aliphatic rings. The summed E-state index contributed by atoms with van der Waals surface area (Å²) in [7, 11) is 0. The molecule has 0 amide bonds. The molecule has 2 fully saturated rings. The molecule has 28 heavy (non-hydrogen) atoms. The molecule has 2 aliphatic carbocycles. The van der Waals surface area contributed by atoms with Crippen LogP contribution in [0.15, 0.2) is 12.7 Å². The number of ether oxygens (including phenoxy) is 1. The van der Waals surface area contributed by atoms with Crippen LogP contribution in [0.3, 0.4) is 0 Å². The van der Waals surface area contributed by atoms with E-state index >= 15 is 0 Å². The first-order valence-corrected chi connectivity index (χ1v) is 10.6. The lowest BCUT2D eigenvalue weighted by Crippen LogP contribution is -2.58. The summed E-state index contributed by atoms with van der Waals surface area (Å²) >= 11 is 0. The molecular formula is C23H38O5. The molecule has 0 aromatic heterocycles. The predicted octanol–water partition coefficient (Wildman–Crippen LogP) is 3.67. The van der Waals surface area contributed by atoms with Crippen LogP contribution in [0.4, 0.5) is 0 Å². The van der Waals surface area contributed by atoms with Crippen molar-refractivity contribution in [3.05, 3.63) is 12.7 Å². The SMILES string of the molecule is C=C[C@]1(C)C[C@@H](OC(=O)CO)C(C)(C)C2C(=O)CCC2(CCCC)[C@@H](C)[C@@H]1O. The third kappa shape index (κ3) is 3.68. The quantitative estimate of drug-likeness (QED) is 0.530. The van der Waals surface area contributed by atoms with Gasteiger partial charge in [-0.3, -0.25) is 4.79 Å². The molecule has 2 N–H and O–H groups in total. The standard InChI is InChI=1S/C23H38O5/c1-7-9-11-23-12-10-16(25)19(23)21(4,5)17(28-18(26)14-24)13-22(6,8-2)20(27)15(23)3/h8,15,17,19-20,24,27H,2,7,9-14H2,1,3-6H3/t15-,17+,19?,20-,22+,23?/m0/s1. The Bertz CT molecular complexity index is 612. The number of ketones is 1. The normalized spacial score (nSPS) is 40.3. The van der Waals surface area contributed by atoms with Crippen LogP contribution in [0.2, 0.25) is 0 Å². The molecule has 0 spiro atoms. The summed E-state index contributed by atoms with van der Waals surface area (Å²) in [5, 5.41) is 20.6. The second kappa shape index (κ2) is 8.27. The van der Waals surface area contributed by atoms with Crippen LogP contribution in [-0.2, 0) is 14.3 Å². The summed E-state index contributed by atoms with van der Waals surface area (Å²) in [6.45, 7) is 13.4. The third-order valence-electron chi connectivity index (χ3n) is 7.85. The second-order valence-corrected chi connectivity index (χ2v) is 9.84. The molecule has 0 aromatic carbocycles. The highest BCUT2D eigenvalue weighted by Crippen LogP contribution is 2.62. The third-order valence-corrected chi connectivity index (χ3v) is 7.85. The molecule has 0 bridgehead atoms. The zero-order chi connectivity index (χ0) is 21.3. The average molecular weight is 395 g/mol. The number of rotatable bonds is 6. The van der Waals surface area contributed by atoms with E-state index in [1.807, 2.05) is 20.8 Å². The topological polar surface area (TPSA) is 83.8 Å². The Kier molecular flexibility index (Phi) is 6.82. The number of carbonyl (C=O) groups excluding carboxylic acids is 2. The zero-order valence-electron chi connectivity index (χ0n) is 18.2. The van der Waals surface area contributed by atoms with E-state index in [0.29, 0.717) is 12.8 Å². The maximum atomic E-state index is 13.1. The molecule has 2 rings (SSSR count). The first-order chi connectivity index (χ1) is 13.0. The molecule has 160 valence electrons. The number of carbonyl (C=O) groups is 2. The fraction of sp³-hybridized carbons (Fsp3) is 0.826. The summed E-state index contributed by atoms with van der Waals surface area (Å²) in [5.74, 6) is -0.862. The van der Waals surface area contributed by atoms with E-state index in [0.717, 1.165) is 25.7 Å². The van der Waals surface area contributed by atoms with Crippen molar-refractivity contribution in [1.82, 2.24) is 0 Å². The van der Waals surface area contributed by atoms with E-state index in [9.17, 15) is 19.8 Å². The summed E-state index contributed by atoms with van der Waals surface area (Å²) < 4.78 is 5.68. The van der Waals surface area contributed by atoms with E-state index < -0.39 is 35.6 Å². The minimum absolute atomic E-state index is 0.0766. The van der Waals surface area contributed by atoms with Crippen molar-refractivity contribution < 1.29 is 24.5 Å². The summed E-state index contributed by atoms with van der Waals surface area (Å²) in [4.78, 5) is 25.1. The van der Waals surface area contributed by atoms with E-state index in [1.54, 1.807) is 6.08 Å². The summed E-state index contributed by atoms with van der Waals surface area (Å²) in [6, 6.07) is 0. The van der Waals surface area contributed by atoms with E-state index in [-0.39, 0.29) is 23.0 Å². The van der Waals surface area contributed by atoms with E-state index in [1.165, 1.54) is 0 Å². The number of hydrogen-bond acceptors (Lipinski definition) is 5. The smallest absolute Gasteiger partial charge is 0.332 e. The Morgan fingerprint density at radius 2 is 2.00 bits per heavy atom. The Balaban J connectivity index is 2.65. The lowest BCUT2D eigenvalue weighted by atomic mass is 9.50. The summed E-state index contributed by atoms with van der Waals surface area (Å²) in [5.41, 5.74) is -1.59. The molecule has 0 aromatic rings. The maximum absolute atomic E-state index is 13.1. The van der Waals surface area contributed by atoms with Crippen LogP contribution in [-0.4, -0.2) is 40.8 Å². The van der Waals surface area contributed by atoms with Gasteiger partial charge >= 0.3 is 5.97 Å². The van der Waals surface area contributed by atoms with Gasteiger partial charge in [0.2, 0.25) is 0 Å². The molecule has 0 heterocycles. The predicted molar refractivity (Wildman–Crippen MR) is 109 cm³/mol. The van der Waals surface area contributed by atoms with E-state index in [2.05, 4.69) is 20.4 Å². The first kappa shape index (κ1) is 23.1. The van der Waals surface area contributed by atoms with Crippen LogP contribution in [0, 0.1) is 28.1 Å². The van der Waals surface area contributed by atoms with Crippen molar-refractivity contribution in [2.75, 3.05) is 6.61 Å². The molecule has 5 nitrogen and oxygen atoms in total. The van der Waals surface area contributed by atoms with Crippen molar-refractivity contribution in [2.45, 2.75) is 85.4 Å². The van der Waals surface area contributed by atoms with Crippen molar-refractivity contribution in [1.29, 1.82) is 0 Å². The van der Waals surface area contributed by atoms with Gasteiger partial charge in [0.15, 0.2) is 0 Å². The molecule has 0 radical (unpaired) electrons. The van der Waals surface area contributed by atoms with Crippen LogP contribution < -0.4 is 0 Å².